The van der Waals surface area contributed by atoms with Gasteiger partial charge in [-0.15, -0.1) is 0 Å². The van der Waals surface area contributed by atoms with E-state index in [-0.39, 0.29) is 24.4 Å². The van der Waals surface area contributed by atoms with E-state index in [9.17, 15) is 9.59 Å². The van der Waals surface area contributed by atoms with E-state index in [1.807, 2.05) is 35.2 Å². The van der Waals surface area contributed by atoms with Crippen LogP contribution in [0.3, 0.4) is 0 Å². The lowest BCUT2D eigenvalue weighted by atomic mass is 10.1. The van der Waals surface area contributed by atoms with Crippen molar-refractivity contribution in [3.63, 3.8) is 0 Å². The topological polar surface area (TPSA) is 70.7 Å². The summed E-state index contributed by atoms with van der Waals surface area (Å²) in [6.45, 7) is 1.59. The fraction of sp³-hybridized carbons (Fsp3) is 0.333. The highest BCUT2D eigenvalue weighted by atomic mass is 16.5. The molecule has 0 unspecified atom stereocenters. The van der Waals surface area contributed by atoms with E-state index in [0.29, 0.717) is 17.9 Å². The summed E-state index contributed by atoms with van der Waals surface area (Å²) in [6, 6.07) is 15.1. The van der Waals surface area contributed by atoms with Crippen LogP contribution in [-0.4, -0.2) is 37.6 Å². The lowest BCUT2D eigenvalue weighted by Gasteiger charge is -2.23. The molecule has 6 heteroatoms. The minimum atomic E-state index is -0.154. The highest BCUT2D eigenvalue weighted by molar-refractivity contribution is 6.04. The molecule has 2 N–H and O–H groups in total. The van der Waals surface area contributed by atoms with Crippen LogP contribution in [-0.2, 0) is 4.79 Å². The molecule has 2 aliphatic rings. The van der Waals surface area contributed by atoms with Crippen molar-refractivity contribution in [3.8, 4) is 5.75 Å². The second kappa shape index (κ2) is 7.70. The van der Waals surface area contributed by atoms with E-state index in [1.165, 1.54) is 0 Å². The first-order chi connectivity index (χ1) is 13.2. The van der Waals surface area contributed by atoms with Gasteiger partial charge in [0.1, 0.15) is 5.75 Å². The number of rotatable bonds is 5. The van der Waals surface area contributed by atoms with Gasteiger partial charge in [0.05, 0.1) is 30.1 Å². The van der Waals surface area contributed by atoms with Crippen molar-refractivity contribution < 1.29 is 14.3 Å². The Bertz CT molecular complexity index is 848. The van der Waals surface area contributed by atoms with Crippen LogP contribution in [0, 0.1) is 0 Å². The molecule has 2 amide bonds. The molecule has 0 bridgehead atoms. The van der Waals surface area contributed by atoms with Crippen molar-refractivity contribution >= 4 is 23.2 Å². The van der Waals surface area contributed by atoms with Gasteiger partial charge in [-0.2, -0.15) is 0 Å². The Labute approximate surface area is 158 Å². The first kappa shape index (κ1) is 17.4. The van der Waals surface area contributed by atoms with Crippen LogP contribution in [0.15, 0.2) is 48.5 Å². The van der Waals surface area contributed by atoms with Gasteiger partial charge in [-0.05, 0) is 43.5 Å². The normalized spacial score (nSPS) is 15.9. The zero-order valence-electron chi connectivity index (χ0n) is 15.1. The van der Waals surface area contributed by atoms with Crippen LogP contribution in [0.4, 0.5) is 11.4 Å². The molecule has 140 valence electrons. The van der Waals surface area contributed by atoms with E-state index in [2.05, 4.69) is 10.6 Å². The third kappa shape index (κ3) is 4.22. The second-order valence-corrected chi connectivity index (χ2v) is 6.93. The van der Waals surface area contributed by atoms with Crippen LogP contribution in [0.2, 0.25) is 0 Å². The van der Waals surface area contributed by atoms with Crippen molar-refractivity contribution in [2.24, 2.45) is 0 Å². The van der Waals surface area contributed by atoms with Gasteiger partial charge in [-0.3, -0.25) is 9.59 Å². The molecule has 27 heavy (non-hydrogen) atoms. The summed E-state index contributed by atoms with van der Waals surface area (Å²) in [5.41, 5.74) is 1.96. The summed E-state index contributed by atoms with van der Waals surface area (Å²) >= 11 is 0. The molecular weight excluding hydrogens is 342 g/mol. The number of carbonyl (C=O) groups is 2. The number of amides is 2. The number of carbonyl (C=O) groups excluding carboxylic acids is 2. The first-order valence-corrected chi connectivity index (χ1v) is 9.37. The van der Waals surface area contributed by atoms with Gasteiger partial charge in [0.2, 0.25) is 5.91 Å². The highest BCUT2D eigenvalue weighted by Gasteiger charge is 2.25. The summed E-state index contributed by atoms with van der Waals surface area (Å²) in [5, 5.41) is 5.87. The number of para-hydroxylation sites is 3. The van der Waals surface area contributed by atoms with Gasteiger partial charge in [0.15, 0.2) is 0 Å². The SMILES string of the molecule is O=C(CN1CCCOc2ccccc21)Nc1ccccc1C(=O)NC1CC1. The third-order valence-corrected chi connectivity index (χ3v) is 4.73. The number of nitrogens with zero attached hydrogens (tertiary/aromatic N) is 1. The van der Waals surface area contributed by atoms with Crippen LogP contribution >= 0.6 is 0 Å². The highest BCUT2D eigenvalue weighted by Crippen LogP contribution is 2.30. The average Bonchev–Trinajstić information content (AvgIpc) is 3.50. The fourth-order valence-corrected chi connectivity index (χ4v) is 3.21. The van der Waals surface area contributed by atoms with Crippen molar-refractivity contribution in [1.29, 1.82) is 0 Å². The zero-order chi connectivity index (χ0) is 18.6. The third-order valence-electron chi connectivity index (χ3n) is 4.73. The number of benzene rings is 2. The van der Waals surface area contributed by atoms with Crippen molar-refractivity contribution in [2.75, 3.05) is 29.9 Å². The van der Waals surface area contributed by atoms with Gasteiger partial charge in [-0.25, -0.2) is 0 Å². The van der Waals surface area contributed by atoms with Gasteiger partial charge < -0.3 is 20.3 Å². The summed E-state index contributed by atoms with van der Waals surface area (Å²) in [4.78, 5) is 27.1. The molecule has 2 aromatic carbocycles. The minimum absolute atomic E-state index is 0.137. The summed E-state index contributed by atoms with van der Waals surface area (Å²) in [7, 11) is 0. The van der Waals surface area contributed by atoms with Crippen LogP contribution < -0.4 is 20.3 Å². The maximum absolute atomic E-state index is 12.7. The summed E-state index contributed by atoms with van der Waals surface area (Å²) in [6.07, 6.45) is 2.90. The summed E-state index contributed by atoms with van der Waals surface area (Å²) < 4.78 is 5.75. The lowest BCUT2D eigenvalue weighted by Crippen LogP contribution is -2.34. The number of anilines is 2. The van der Waals surface area contributed by atoms with Crippen molar-refractivity contribution in [1.82, 2.24) is 5.32 Å². The largest absolute Gasteiger partial charge is 0.491 e. The number of nitrogens with one attached hydrogen (secondary N) is 2. The molecule has 0 spiro atoms. The molecular formula is C21H23N3O3. The molecule has 0 saturated heterocycles. The predicted molar refractivity (Wildman–Crippen MR) is 104 cm³/mol. The second-order valence-electron chi connectivity index (χ2n) is 6.93. The van der Waals surface area contributed by atoms with E-state index in [4.69, 9.17) is 4.74 Å². The average molecular weight is 365 g/mol. The van der Waals surface area contributed by atoms with Gasteiger partial charge in [0.25, 0.3) is 5.91 Å². The van der Waals surface area contributed by atoms with E-state index >= 15 is 0 Å². The predicted octanol–water partition coefficient (Wildman–Crippen LogP) is 2.81. The molecule has 0 radical (unpaired) electrons. The van der Waals surface area contributed by atoms with E-state index < -0.39 is 0 Å². The first-order valence-electron chi connectivity index (χ1n) is 9.37. The quantitative estimate of drug-likeness (QED) is 0.855. The molecule has 0 aromatic heterocycles. The van der Waals surface area contributed by atoms with Gasteiger partial charge in [0, 0.05) is 12.6 Å². The number of fused-ring (bicyclic) bond motifs is 1. The maximum Gasteiger partial charge on any atom is 0.253 e. The zero-order valence-corrected chi connectivity index (χ0v) is 15.1. The number of ether oxygens (including phenoxy) is 1. The Balaban J connectivity index is 1.46. The standard InChI is InChI=1S/C21H23N3O3/c25-20(14-24-12-5-13-27-19-9-4-3-8-18(19)24)23-17-7-2-1-6-16(17)21(26)22-15-10-11-15/h1-4,6-9,15H,5,10-14H2,(H,22,26)(H,23,25). The maximum atomic E-state index is 12.7. The molecule has 1 aliphatic carbocycles. The van der Waals surface area contributed by atoms with E-state index in [1.54, 1.807) is 18.2 Å². The Kier molecular flexibility index (Phi) is 4.96. The molecule has 1 fully saturated rings. The molecule has 0 atom stereocenters. The molecule has 2 aromatic rings. The molecule has 1 heterocycles. The monoisotopic (exact) mass is 365 g/mol. The molecule has 1 saturated carbocycles. The Hall–Kier alpha value is -3.02. The number of hydrogen-bond donors (Lipinski definition) is 2. The van der Waals surface area contributed by atoms with Gasteiger partial charge >= 0.3 is 0 Å². The Morgan fingerprint density at radius 2 is 1.85 bits per heavy atom. The van der Waals surface area contributed by atoms with Crippen LogP contribution in [0.25, 0.3) is 0 Å². The molecule has 1 aliphatic heterocycles. The Morgan fingerprint density at radius 3 is 2.70 bits per heavy atom. The molecule has 6 nitrogen and oxygen atoms in total. The Morgan fingerprint density at radius 1 is 1.07 bits per heavy atom. The fourth-order valence-electron chi connectivity index (χ4n) is 3.21. The van der Waals surface area contributed by atoms with Gasteiger partial charge in [-0.1, -0.05) is 24.3 Å². The summed E-state index contributed by atoms with van der Waals surface area (Å²) in [5.74, 6) is 0.507. The lowest BCUT2D eigenvalue weighted by molar-refractivity contribution is -0.115. The van der Waals surface area contributed by atoms with Crippen molar-refractivity contribution in [3.05, 3.63) is 54.1 Å². The van der Waals surface area contributed by atoms with Crippen LogP contribution in [0.5, 0.6) is 5.75 Å². The minimum Gasteiger partial charge on any atom is -0.491 e. The smallest absolute Gasteiger partial charge is 0.253 e. The van der Waals surface area contributed by atoms with Crippen LogP contribution in [0.1, 0.15) is 29.6 Å². The number of hydrogen-bond acceptors (Lipinski definition) is 4. The van der Waals surface area contributed by atoms with E-state index in [0.717, 1.165) is 37.2 Å². The molecule has 4 rings (SSSR count). The van der Waals surface area contributed by atoms with Crippen molar-refractivity contribution in [2.45, 2.75) is 25.3 Å².